The molecule has 19 heavy (non-hydrogen) atoms. The van der Waals surface area contributed by atoms with Crippen LogP contribution < -0.4 is 5.32 Å². The summed E-state index contributed by atoms with van der Waals surface area (Å²) in [6, 6.07) is 3.71. The largest absolute Gasteiger partial charge is 0.357 e. The van der Waals surface area contributed by atoms with E-state index >= 15 is 0 Å². The number of thiophene rings is 1. The Bertz CT molecular complexity index is 581. The Morgan fingerprint density at radius 3 is 3.00 bits per heavy atom. The summed E-state index contributed by atoms with van der Waals surface area (Å²) in [5, 5.41) is 11.8. The first-order chi connectivity index (χ1) is 9.19. The van der Waals surface area contributed by atoms with Crippen molar-refractivity contribution in [3.8, 4) is 0 Å². The summed E-state index contributed by atoms with van der Waals surface area (Å²) in [5.41, 5.74) is 0. The van der Waals surface area contributed by atoms with Gasteiger partial charge in [0.2, 0.25) is 5.13 Å². The van der Waals surface area contributed by atoms with Gasteiger partial charge in [-0.15, -0.1) is 28.1 Å². The predicted octanol–water partition coefficient (Wildman–Crippen LogP) is 3.94. The average Bonchev–Trinajstić information content (AvgIpc) is 3.02. The van der Waals surface area contributed by atoms with Crippen LogP contribution in [0.5, 0.6) is 0 Å². The molecule has 0 amide bonds. The molecule has 0 aliphatic rings. The second-order valence-electron chi connectivity index (χ2n) is 3.36. The zero-order chi connectivity index (χ0) is 13.7. The van der Waals surface area contributed by atoms with E-state index in [9.17, 15) is 4.79 Å². The van der Waals surface area contributed by atoms with Crippen LogP contribution in [0.1, 0.15) is 9.67 Å². The molecule has 2 rings (SSSR count). The fraction of sp³-hybridized carbons (Fsp3) is 0.182. The van der Waals surface area contributed by atoms with E-state index in [2.05, 4.69) is 38.0 Å². The van der Waals surface area contributed by atoms with E-state index in [4.69, 9.17) is 0 Å². The van der Waals surface area contributed by atoms with E-state index in [1.54, 1.807) is 6.08 Å². The van der Waals surface area contributed by atoms with Crippen molar-refractivity contribution in [1.29, 1.82) is 0 Å². The molecule has 0 radical (unpaired) electrons. The molecule has 0 aliphatic carbocycles. The lowest BCUT2D eigenvalue weighted by Crippen LogP contribution is -1.98. The SMILES string of the molecule is C=CCNc1nnc(SCC(=O)c2ccc(Br)s2)s1. The van der Waals surface area contributed by atoms with Gasteiger partial charge >= 0.3 is 0 Å². The number of hydrogen-bond acceptors (Lipinski definition) is 7. The van der Waals surface area contributed by atoms with Crippen LogP contribution in [0, 0.1) is 0 Å². The minimum absolute atomic E-state index is 0.108. The van der Waals surface area contributed by atoms with Crippen LogP contribution in [0.25, 0.3) is 0 Å². The number of anilines is 1. The normalized spacial score (nSPS) is 10.4. The third-order valence-corrected chi connectivity index (χ3v) is 5.66. The molecule has 0 saturated carbocycles. The number of rotatable bonds is 7. The Morgan fingerprint density at radius 2 is 2.32 bits per heavy atom. The molecule has 0 bridgehead atoms. The van der Waals surface area contributed by atoms with E-state index in [-0.39, 0.29) is 5.78 Å². The third kappa shape index (κ3) is 4.41. The van der Waals surface area contributed by atoms with Crippen molar-refractivity contribution < 1.29 is 4.79 Å². The molecule has 4 nitrogen and oxygen atoms in total. The zero-order valence-corrected chi connectivity index (χ0v) is 13.8. The summed E-state index contributed by atoms with van der Waals surface area (Å²) in [5.74, 6) is 0.486. The van der Waals surface area contributed by atoms with Crippen molar-refractivity contribution in [3.63, 3.8) is 0 Å². The smallest absolute Gasteiger partial charge is 0.206 e. The molecular formula is C11H10BrN3OS3. The number of Topliss-reactive ketones (excluding diaryl/α,β-unsaturated/α-hetero) is 1. The maximum atomic E-state index is 11.9. The Morgan fingerprint density at radius 1 is 1.47 bits per heavy atom. The van der Waals surface area contributed by atoms with Gasteiger partial charge in [-0.25, -0.2) is 0 Å². The first-order valence-electron chi connectivity index (χ1n) is 5.28. The van der Waals surface area contributed by atoms with Gasteiger partial charge in [-0.3, -0.25) is 4.79 Å². The van der Waals surface area contributed by atoms with E-state index in [1.165, 1.54) is 34.4 Å². The van der Waals surface area contributed by atoms with Gasteiger partial charge < -0.3 is 5.32 Å². The van der Waals surface area contributed by atoms with Crippen LogP contribution in [0.3, 0.4) is 0 Å². The highest BCUT2D eigenvalue weighted by molar-refractivity contribution is 9.11. The Hall–Kier alpha value is -0.700. The predicted molar refractivity (Wildman–Crippen MR) is 85.7 cm³/mol. The Balaban J connectivity index is 1.86. The second kappa shape index (κ2) is 7.18. The lowest BCUT2D eigenvalue weighted by atomic mass is 10.4. The number of ketones is 1. The maximum Gasteiger partial charge on any atom is 0.206 e. The summed E-state index contributed by atoms with van der Waals surface area (Å²) in [7, 11) is 0. The molecule has 0 saturated heterocycles. The Labute approximate surface area is 131 Å². The van der Waals surface area contributed by atoms with E-state index in [0.29, 0.717) is 12.3 Å². The van der Waals surface area contributed by atoms with Crippen molar-refractivity contribution in [2.24, 2.45) is 0 Å². The highest BCUT2D eigenvalue weighted by Crippen LogP contribution is 2.28. The fourth-order valence-electron chi connectivity index (χ4n) is 1.16. The van der Waals surface area contributed by atoms with Gasteiger partial charge in [-0.05, 0) is 28.1 Å². The summed E-state index contributed by atoms with van der Waals surface area (Å²) >= 11 is 7.64. The van der Waals surface area contributed by atoms with E-state index in [0.717, 1.165) is 18.1 Å². The molecule has 1 N–H and O–H groups in total. The van der Waals surface area contributed by atoms with E-state index in [1.807, 2.05) is 12.1 Å². The molecule has 2 heterocycles. The lowest BCUT2D eigenvalue weighted by molar-refractivity contribution is 0.102. The van der Waals surface area contributed by atoms with Crippen LogP contribution in [0.4, 0.5) is 5.13 Å². The van der Waals surface area contributed by atoms with Gasteiger partial charge in [0.05, 0.1) is 14.4 Å². The molecule has 0 atom stereocenters. The van der Waals surface area contributed by atoms with Crippen LogP contribution in [-0.2, 0) is 0 Å². The van der Waals surface area contributed by atoms with Gasteiger partial charge in [-0.1, -0.05) is 29.2 Å². The monoisotopic (exact) mass is 375 g/mol. The standard InChI is InChI=1S/C11H10BrN3OS3/c1-2-5-13-10-14-15-11(19-10)17-6-7(16)8-3-4-9(12)18-8/h2-4H,1,5-6H2,(H,13,14). The summed E-state index contributed by atoms with van der Waals surface area (Å²) in [4.78, 5) is 12.7. The van der Waals surface area contributed by atoms with Crippen molar-refractivity contribution in [3.05, 3.63) is 33.5 Å². The van der Waals surface area contributed by atoms with Crippen LogP contribution in [0.15, 0.2) is 32.9 Å². The quantitative estimate of drug-likeness (QED) is 0.451. The minimum Gasteiger partial charge on any atom is -0.357 e. The highest BCUT2D eigenvalue weighted by Gasteiger charge is 2.11. The van der Waals surface area contributed by atoms with Crippen LogP contribution in [-0.4, -0.2) is 28.3 Å². The average molecular weight is 376 g/mol. The van der Waals surface area contributed by atoms with Gasteiger partial charge in [-0.2, -0.15) is 0 Å². The molecule has 0 aromatic carbocycles. The number of carbonyl (C=O) groups excluding carboxylic acids is 1. The lowest BCUT2D eigenvalue weighted by Gasteiger charge is -1.95. The molecule has 2 aromatic heterocycles. The minimum atomic E-state index is 0.108. The van der Waals surface area contributed by atoms with Crippen LogP contribution in [0.2, 0.25) is 0 Å². The first-order valence-corrected chi connectivity index (χ1v) is 8.70. The van der Waals surface area contributed by atoms with Crippen molar-refractivity contribution >= 4 is 61.3 Å². The molecule has 0 aliphatic heterocycles. The fourth-order valence-corrected chi connectivity index (χ4v) is 4.22. The molecule has 0 spiro atoms. The summed E-state index contributed by atoms with van der Waals surface area (Å²) < 4.78 is 1.75. The maximum absolute atomic E-state index is 11.9. The summed E-state index contributed by atoms with van der Waals surface area (Å²) in [6.45, 7) is 4.27. The number of thioether (sulfide) groups is 1. The molecule has 8 heteroatoms. The number of aromatic nitrogens is 2. The number of nitrogens with zero attached hydrogens (tertiary/aromatic N) is 2. The third-order valence-electron chi connectivity index (χ3n) is 1.98. The number of nitrogens with one attached hydrogen (secondary N) is 1. The van der Waals surface area contributed by atoms with Crippen molar-refractivity contribution in [2.45, 2.75) is 4.34 Å². The molecular weight excluding hydrogens is 366 g/mol. The Kier molecular flexibility index (Phi) is 5.56. The van der Waals surface area contributed by atoms with Gasteiger partial charge in [0.1, 0.15) is 0 Å². The van der Waals surface area contributed by atoms with Crippen LogP contribution >= 0.6 is 50.4 Å². The van der Waals surface area contributed by atoms with Gasteiger partial charge in [0.15, 0.2) is 10.1 Å². The highest BCUT2D eigenvalue weighted by atomic mass is 79.9. The molecule has 0 unspecified atom stereocenters. The van der Waals surface area contributed by atoms with Crippen molar-refractivity contribution in [2.75, 3.05) is 17.6 Å². The topological polar surface area (TPSA) is 54.9 Å². The van der Waals surface area contributed by atoms with E-state index < -0.39 is 0 Å². The zero-order valence-electron chi connectivity index (χ0n) is 9.76. The summed E-state index contributed by atoms with van der Waals surface area (Å²) in [6.07, 6.45) is 1.76. The molecule has 0 fully saturated rings. The first kappa shape index (κ1) is 14.7. The van der Waals surface area contributed by atoms with Gasteiger partial charge in [0, 0.05) is 6.54 Å². The number of hydrogen-bond donors (Lipinski definition) is 1. The molecule has 100 valence electrons. The second-order valence-corrected chi connectivity index (χ2v) is 8.02. The van der Waals surface area contributed by atoms with Gasteiger partial charge in [0.25, 0.3) is 0 Å². The molecule has 2 aromatic rings. The number of carbonyl (C=O) groups is 1. The van der Waals surface area contributed by atoms with Crippen molar-refractivity contribution in [1.82, 2.24) is 10.2 Å². The number of halogens is 1.